The van der Waals surface area contributed by atoms with Crippen molar-refractivity contribution in [2.24, 2.45) is 0 Å². The number of benzene rings is 1. The van der Waals surface area contributed by atoms with E-state index in [1.165, 1.54) is 12.1 Å². The van der Waals surface area contributed by atoms with E-state index in [0.717, 1.165) is 5.56 Å². The van der Waals surface area contributed by atoms with Crippen LogP contribution in [0.3, 0.4) is 0 Å². The number of aromatic nitrogens is 4. The molecule has 0 aliphatic carbocycles. The van der Waals surface area contributed by atoms with Crippen LogP contribution in [0.25, 0.3) is 0 Å². The fourth-order valence-corrected chi connectivity index (χ4v) is 2.86. The van der Waals surface area contributed by atoms with Crippen molar-refractivity contribution in [3.8, 4) is 0 Å². The summed E-state index contributed by atoms with van der Waals surface area (Å²) in [6.45, 7) is 2.53. The Morgan fingerprint density at radius 1 is 1.11 bits per heavy atom. The standard InChI is InChI=1S/C19H19F2N7/c1-12(13-2-4-14(20)5-3-13)24-19-26-16(25-17-9-22-6-7-23-17)8-18(27-19)28-10-15(21)11-28/h2-9,12,15H,10-11H2,1H3,(H2,23,24,25,26,27)/t12-/m0/s1. The second-order valence-corrected chi connectivity index (χ2v) is 6.57. The first kappa shape index (κ1) is 18.0. The summed E-state index contributed by atoms with van der Waals surface area (Å²) < 4.78 is 26.5. The molecule has 0 bridgehead atoms. The predicted octanol–water partition coefficient (Wildman–Crippen LogP) is 3.48. The minimum absolute atomic E-state index is 0.148. The minimum Gasteiger partial charge on any atom is -0.350 e. The third-order valence-corrected chi connectivity index (χ3v) is 4.41. The molecule has 1 saturated heterocycles. The maximum atomic E-state index is 13.3. The van der Waals surface area contributed by atoms with Crippen LogP contribution < -0.4 is 15.5 Å². The molecule has 0 amide bonds. The lowest BCUT2D eigenvalue weighted by Crippen LogP contribution is -2.48. The minimum atomic E-state index is -0.846. The van der Waals surface area contributed by atoms with Gasteiger partial charge < -0.3 is 15.5 Å². The second-order valence-electron chi connectivity index (χ2n) is 6.57. The summed E-state index contributed by atoms with van der Waals surface area (Å²) >= 11 is 0. The first-order valence-corrected chi connectivity index (χ1v) is 8.90. The lowest BCUT2D eigenvalue weighted by atomic mass is 10.1. The maximum absolute atomic E-state index is 13.3. The zero-order valence-electron chi connectivity index (χ0n) is 15.2. The van der Waals surface area contributed by atoms with Crippen molar-refractivity contribution in [2.75, 3.05) is 28.6 Å². The average molecular weight is 383 g/mol. The molecule has 3 heterocycles. The molecule has 2 aromatic heterocycles. The van der Waals surface area contributed by atoms with E-state index in [0.29, 0.717) is 36.5 Å². The van der Waals surface area contributed by atoms with Gasteiger partial charge in [-0.25, -0.2) is 13.8 Å². The Hall–Kier alpha value is -3.36. The molecule has 1 aliphatic heterocycles. The molecular formula is C19H19F2N7. The van der Waals surface area contributed by atoms with Gasteiger partial charge in [-0.1, -0.05) is 12.1 Å². The molecule has 0 radical (unpaired) electrons. The first-order valence-electron chi connectivity index (χ1n) is 8.90. The number of alkyl halides is 1. The van der Waals surface area contributed by atoms with Crippen LogP contribution in [0.4, 0.5) is 32.2 Å². The molecule has 0 spiro atoms. The van der Waals surface area contributed by atoms with Crippen LogP contribution in [0.1, 0.15) is 18.5 Å². The third-order valence-electron chi connectivity index (χ3n) is 4.41. The summed E-state index contributed by atoms with van der Waals surface area (Å²) in [5, 5.41) is 6.30. The van der Waals surface area contributed by atoms with Gasteiger partial charge in [0.2, 0.25) is 5.95 Å². The third kappa shape index (κ3) is 4.13. The highest BCUT2D eigenvalue weighted by Gasteiger charge is 2.28. The smallest absolute Gasteiger partial charge is 0.227 e. The van der Waals surface area contributed by atoms with Crippen molar-refractivity contribution < 1.29 is 8.78 Å². The van der Waals surface area contributed by atoms with Gasteiger partial charge in [0.25, 0.3) is 0 Å². The number of nitrogens with one attached hydrogen (secondary N) is 2. The number of nitrogens with zero attached hydrogens (tertiary/aromatic N) is 5. The molecule has 1 aliphatic rings. The van der Waals surface area contributed by atoms with Gasteiger partial charge in [-0.2, -0.15) is 9.97 Å². The van der Waals surface area contributed by atoms with Crippen molar-refractivity contribution in [1.29, 1.82) is 0 Å². The molecule has 4 rings (SSSR count). The SMILES string of the molecule is C[C@H](Nc1nc(Nc2cnccn2)cc(N2CC(F)C2)n1)c1ccc(F)cc1. The van der Waals surface area contributed by atoms with Gasteiger partial charge in [0.05, 0.1) is 25.3 Å². The zero-order valence-corrected chi connectivity index (χ0v) is 15.2. The lowest BCUT2D eigenvalue weighted by molar-refractivity contribution is 0.273. The Bertz CT molecular complexity index is 931. The Labute approximate surface area is 160 Å². The van der Waals surface area contributed by atoms with Gasteiger partial charge in [-0.3, -0.25) is 4.98 Å². The van der Waals surface area contributed by atoms with Gasteiger partial charge >= 0.3 is 0 Å². The number of rotatable bonds is 6. The van der Waals surface area contributed by atoms with E-state index in [4.69, 9.17) is 0 Å². The number of halogens is 2. The van der Waals surface area contributed by atoms with Crippen LogP contribution in [0.15, 0.2) is 48.9 Å². The number of hydrogen-bond acceptors (Lipinski definition) is 7. The van der Waals surface area contributed by atoms with Crippen molar-refractivity contribution in [1.82, 2.24) is 19.9 Å². The quantitative estimate of drug-likeness (QED) is 0.675. The van der Waals surface area contributed by atoms with E-state index in [1.54, 1.807) is 36.8 Å². The maximum Gasteiger partial charge on any atom is 0.227 e. The molecule has 7 nitrogen and oxygen atoms in total. The van der Waals surface area contributed by atoms with Crippen molar-refractivity contribution >= 4 is 23.4 Å². The number of anilines is 4. The largest absolute Gasteiger partial charge is 0.350 e. The highest BCUT2D eigenvalue weighted by atomic mass is 19.1. The van der Waals surface area contributed by atoms with E-state index in [2.05, 4.69) is 30.6 Å². The summed E-state index contributed by atoms with van der Waals surface area (Å²) in [5.41, 5.74) is 0.895. The molecule has 9 heteroatoms. The summed E-state index contributed by atoms with van der Waals surface area (Å²) in [4.78, 5) is 19.0. The average Bonchev–Trinajstić information content (AvgIpc) is 2.66. The highest BCUT2D eigenvalue weighted by molar-refractivity contribution is 5.60. The highest BCUT2D eigenvalue weighted by Crippen LogP contribution is 2.26. The lowest BCUT2D eigenvalue weighted by Gasteiger charge is -2.35. The number of hydrogen-bond donors (Lipinski definition) is 2. The Balaban J connectivity index is 1.58. The van der Waals surface area contributed by atoms with Crippen LogP contribution in [0.2, 0.25) is 0 Å². The fraction of sp³-hybridized carbons (Fsp3) is 0.263. The molecule has 3 aromatic rings. The van der Waals surface area contributed by atoms with Crippen molar-refractivity contribution in [3.05, 3.63) is 60.3 Å². The van der Waals surface area contributed by atoms with Gasteiger partial charge in [0.15, 0.2) is 0 Å². The van der Waals surface area contributed by atoms with Crippen LogP contribution in [0, 0.1) is 5.82 Å². The Morgan fingerprint density at radius 3 is 2.57 bits per heavy atom. The molecule has 2 N–H and O–H groups in total. The van der Waals surface area contributed by atoms with E-state index >= 15 is 0 Å². The van der Waals surface area contributed by atoms with E-state index in [-0.39, 0.29) is 11.9 Å². The van der Waals surface area contributed by atoms with Crippen LogP contribution in [-0.2, 0) is 0 Å². The molecule has 1 fully saturated rings. The van der Waals surface area contributed by atoms with Crippen LogP contribution >= 0.6 is 0 Å². The van der Waals surface area contributed by atoms with Gasteiger partial charge in [0.1, 0.15) is 29.4 Å². The molecule has 28 heavy (non-hydrogen) atoms. The fourth-order valence-electron chi connectivity index (χ4n) is 2.86. The van der Waals surface area contributed by atoms with Crippen molar-refractivity contribution in [3.63, 3.8) is 0 Å². The topological polar surface area (TPSA) is 78.9 Å². The molecule has 1 aromatic carbocycles. The summed E-state index contributed by atoms with van der Waals surface area (Å²) in [6, 6.07) is 7.83. The van der Waals surface area contributed by atoms with Gasteiger partial charge in [-0.05, 0) is 24.6 Å². The second kappa shape index (κ2) is 7.71. The summed E-state index contributed by atoms with van der Waals surface area (Å²) in [6.07, 6.45) is 3.89. The van der Waals surface area contributed by atoms with E-state index in [9.17, 15) is 8.78 Å². The van der Waals surface area contributed by atoms with Gasteiger partial charge in [0, 0.05) is 18.5 Å². The van der Waals surface area contributed by atoms with E-state index < -0.39 is 6.17 Å². The van der Waals surface area contributed by atoms with Crippen molar-refractivity contribution in [2.45, 2.75) is 19.1 Å². The Morgan fingerprint density at radius 2 is 1.89 bits per heavy atom. The van der Waals surface area contributed by atoms with E-state index in [1.807, 2.05) is 11.8 Å². The molecule has 0 saturated carbocycles. The molecular weight excluding hydrogens is 364 g/mol. The molecule has 1 atom stereocenters. The van der Waals surface area contributed by atoms with Crippen LogP contribution in [-0.4, -0.2) is 39.2 Å². The Kier molecular flexibility index (Phi) is 4.96. The molecule has 0 unspecified atom stereocenters. The molecule has 144 valence electrons. The normalized spacial score (nSPS) is 15.0. The first-order chi connectivity index (χ1) is 13.6. The summed E-state index contributed by atoms with van der Waals surface area (Å²) in [5.74, 6) is 1.76. The zero-order chi connectivity index (χ0) is 19.5. The monoisotopic (exact) mass is 383 g/mol. The summed E-state index contributed by atoms with van der Waals surface area (Å²) in [7, 11) is 0. The van der Waals surface area contributed by atoms with Crippen LogP contribution in [0.5, 0.6) is 0 Å². The predicted molar refractivity (Wildman–Crippen MR) is 103 cm³/mol. The van der Waals surface area contributed by atoms with Gasteiger partial charge in [-0.15, -0.1) is 0 Å².